The average Bonchev–Trinajstić information content (AvgIpc) is 3.21. The van der Waals surface area contributed by atoms with Crippen LogP contribution >= 0.6 is 0 Å². The number of ether oxygens (including phenoxy) is 2. The maximum absolute atomic E-state index is 5.92. The van der Waals surface area contributed by atoms with Crippen molar-refractivity contribution in [3.05, 3.63) is 29.7 Å². The summed E-state index contributed by atoms with van der Waals surface area (Å²) in [4.78, 5) is 16.1. The molecule has 2 saturated heterocycles. The van der Waals surface area contributed by atoms with Gasteiger partial charge < -0.3 is 20.5 Å². The number of hydrogen-bond acceptors (Lipinski definition) is 9. The highest BCUT2D eigenvalue weighted by Crippen LogP contribution is 2.32. The van der Waals surface area contributed by atoms with Gasteiger partial charge in [0, 0.05) is 12.7 Å². The third-order valence-corrected chi connectivity index (χ3v) is 6.94. The highest BCUT2D eigenvalue weighted by atomic mass is 16.5. The first-order valence-corrected chi connectivity index (χ1v) is 12.2. The number of rotatable bonds is 9. The monoisotopic (exact) mass is 466 g/mol. The van der Waals surface area contributed by atoms with Crippen molar-refractivity contribution in [2.75, 3.05) is 51.0 Å². The molecule has 182 valence electrons. The van der Waals surface area contributed by atoms with Gasteiger partial charge in [-0.3, -0.25) is 14.6 Å². The van der Waals surface area contributed by atoms with Crippen molar-refractivity contribution < 1.29 is 9.47 Å². The molecule has 0 atom stereocenters. The molecule has 3 N–H and O–H groups in total. The van der Waals surface area contributed by atoms with Gasteiger partial charge in [0.15, 0.2) is 5.82 Å². The number of unbranched alkanes of at least 4 members (excludes halogenated alkanes) is 1. The lowest BCUT2D eigenvalue weighted by Crippen LogP contribution is -2.51. The van der Waals surface area contributed by atoms with Crippen molar-refractivity contribution in [1.29, 1.82) is 0 Å². The van der Waals surface area contributed by atoms with E-state index in [1.54, 1.807) is 13.3 Å². The molecule has 0 bridgehead atoms. The van der Waals surface area contributed by atoms with Gasteiger partial charge in [0.25, 0.3) is 0 Å². The molecule has 5 rings (SSSR count). The summed E-state index contributed by atoms with van der Waals surface area (Å²) in [7, 11) is 1.70. The van der Waals surface area contributed by atoms with Crippen LogP contribution in [0.1, 0.15) is 49.8 Å². The Labute approximate surface area is 199 Å². The third kappa shape index (κ3) is 4.65. The summed E-state index contributed by atoms with van der Waals surface area (Å²) in [6.07, 6.45) is 8.14. The molecule has 2 aliphatic rings. The van der Waals surface area contributed by atoms with E-state index < -0.39 is 0 Å². The first kappa shape index (κ1) is 22.8. The lowest BCUT2D eigenvalue weighted by Gasteiger charge is -2.41. The molecule has 0 radical (unpaired) electrons. The zero-order chi connectivity index (χ0) is 23.5. The number of pyridine rings is 1. The first-order valence-electron chi connectivity index (χ1n) is 12.2. The Bertz CT molecular complexity index is 1120. The summed E-state index contributed by atoms with van der Waals surface area (Å²) in [5, 5.41) is 7.94. The second-order valence-electron chi connectivity index (χ2n) is 9.17. The van der Waals surface area contributed by atoms with E-state index in [0.717, 1.165) is 75.5 Å². The van der Waals surface area contributed by atoms with Gasteiger partial charge in [-0.15, -0.1) is 0 Å². The predicted octanol–water partition coefficient (Wildman–Crippen LogP) is 2.65. The number of likely N-dealkylation sites (tertiary alicyclic amines) is 1. The van der Waals surface area contributed by atoms with Crippen molar-refractivity contribution in [1.82, 2.24) is 29.6 Å². The Morgan fingerprint density at radius 3 is 2.74 bits per heavy atom. The van der Waals surface area contributed by atoms with Crippen LogP contribution in [0.25, 0.3) is 11.0 Å². The molecule has 2 fully saturated rings. The largest absolute Gasteiger partial charge is 0.495 e. The van der Waals surface area contributed by atoms with Gasteiger partial charge in [-0.25, -0.2) is 4.98 Å². The van der Waals surface area contributed by atoms with Crippen LogP contribution in [-0.4, -0.2) is 75.6 Å². The summed E-state index contributed by atoms with van der Waals surface area (Å²) < 4.78 is 13.0. The van der Waals surface area contributed by atoms with E-state index in [1.807, 2.05) is 10.9 Å². The molecule has 2 aliphatic heterocycles. The van der Waals surface area contributed by atoms with Gasteiger partial charge in [0.1, 0.15) is 22.5 Å². The highest BCUT2D eigenvalue weighted by Gasteiger charge is 2.30. The normalized spacial score (nSPS) is 17.7. The smallest absolute Gasteiger partial charge is 0.222 e. The fourth-order valence-electron chi connectivity index (χ4n) is 4.82. The summed E-state index contributed by atoms with van der Waals surface area (Å²) in [6, 6.07) is 2.76. The Morgan fingerprint density at radius 2 is 2.03 bits per heavy atom. The van der Waals surface area contributed by atoms with Crippen molar-refractivity contribution in [2.45, 2.75) is 51.1 Å². The fraction of sp³-hybridized carbons (Fsp3) is 0.583. The van der Waals surface area contributed by atoms with Crippen LogP contribution in [-0.2, 0) is 11.3 Å². The van der Waals surface area contributed by atoms with Crippen molar-refractivity contribution in [2.24, 2.45) is 0 Å². The topological polar surface area (TPSA) is 116 Å². The number of aromatic nitrogens is 5. The van der Waals surface area contributed by atoms with Gasteiger partial charge in [-0.05, 0) is 49.9 Å². The van der Waals surface area contributed by atoms with Crippen molar-refractivity contribution in [3.8, 4) is 5.75 Å². The minimum absolute atomic E-state index is 0.238. The second kappa shape index (κ2) is 10.1. The van der Waals surface area contributed by atoms with E-state index in [1.165, 1.54) is 5.56 Å². The molecular formula is C24H34N8O2. The predicted molar refractivity (Wildman–Crippen MR) is 131 cm³/mol. The van der Waals surface area contributed by atoms with E-state index in [4.69, 9.17) is 20.2 Å². The zero-order valence-corrected chi connectivity index (χ0v) is 20.0. The van der Waals surface area contributed by atoms with Crippen molar-refractivity contribution in [3.63, 3.8) is 0 Å². The molecule has 0 spiro atoms. The number of hydrogen-bond donors (Lipinski definition) is 2. The number of fused-ring (bicyclic) bond motifs is 1. The van der Waals surface area contributed by atoms with E-state index >= 15 is 0 Å². The summed E-state index contributed by atoms with van der Waals surface area (Å²) in [5.41, 5.74) is 9.53. The van der Waals surface area contributed by atoms with Gasteiger partial charge in [0.2, 0.25) is 5.95 Å². The minimum atomic E-state index is 0.238. The molecule has 5 heterocycles. The Kier molecular flexibility index (Phi) is 6.77. The molecule has 0 amide bonds. The number of nitrogens with two attached hydrogens (primary N) is 1. The Morgan fingerprint density at radius 1 is 1.21 bits per heavy atom. The Hall–Kier alpha value is -2.98. The molecular weight excluding hydrogens is 432 g/mol. The Balaban J connectivity index is 1.34. The SMILES string of the molecule is CCCCNc1nc(N)nc2cnn(Cc3ncc(C4CCN(C5COC5)CC4)cc3OC)c12. The van der Waals surface area contributed by atoms with E-state index in [-0.39, 0.29) is 5.95 Å². The molecule has 10 heteroatoms. The van der Waals surface area contributed by atoms with E-state index in [9.17, 15) is 0 Å². The molecule has 3 aromatic heterocycles. The summed E-state index contributed by atoms with van der Waals surface area (Å²) in [5.74, 6) is 2.23. The van der Waals surface area contributed by atoms with Crippen LogP contribution in [0.3, 0.4) is 0 Å². The number of piperidine rings is 1. The summed E-state index contributed by atoms with van der Waals surface area (Å²) >= 11 is 0. The molecule has 34 heavy (non-hydrogen) atoms. The quantitative estimate of drug-likeness (QED) is 0.459. The standard InChI is InChI=1S/C24H34N8O2/c1-3-4-7-26-23-22-19(29-24(25)30-23)12-28-32(22)13-20-21(33-2)10-17(11-27-20)16-5-8-31(9-6-16)18-14-34-15-18/h10-12,16,18H,3-9,13-15H2,1-2H3,(H3,25,26,29,30). The van der Waals surface area contributed by atoms with Crippen LogP contribution in [0.5, 0.6) is 5.75 Å². The minimum Gasteiger partial charge on any atom is -0.495 e. The maximum atomic E-state index is 5.92. The highest BCUT2D eigenvalue weighted by molar-refractivity contribution is 5.86. The average molecular weight is 467 g/mol. The van der Waals surface area contributed by atoms with Gasteiger partial charge in [-0.2, -0.15) is 10.1 Å². The molecule has 0 saturated carbocycles. The van der Waals surface area contributed by atoms with Crippen LogP contribution in [0.4, 0.5) is 11.8 Å². The first-order chi connectivity index (χ1) is 16.7. The number of nitrogen functional groups attached to an aromatic ring is 1. The number of nitrogens with one attached hydrogen (secondary N) is 1. The third-order valence-electron chi connectivity index (χ3n) is 6.94. The van der Waals surface area contributed by atoms with E-state index in [2.05, 4.69) is 38.3 Å². The van der Waals surface area contributed by atoms with E-state index in [0.29, 0.717) is 29.8 Å². The van der Waals surface area contributed by atoms with Gasteiger partial charge in [-0.1, -0.05) is 13.3 Å². The number of methoxy groups -OCH3 is 1. The van der Waals surface area contributed by atoms with Crippen LogP contribution in [0.15, 0.2) is 18.5 Å². The summed E-state index contributed by atoms with van der Waals surface area (Å²) in [6.45, 7) is 7.41. The molecule has 0 unspecified atom stereocenters. The lowest BCUT2D eigenvalue weighted by molar-refractivity contribution is -0.0712. The molecule has 0 aromatic carbocycles. The molecule has 10 nitrogen and oxygen atoms in total. The van der Waals surface area contributed by atoms with Gasteiger partial charge >= 0.3 is 0 Å². The van der Waals surface area contributed by atoms with Crippen LogP contribution in [0.2, 0.25) is 0 Å². The second-order valence-corrected chi connectivity index (χ2v) is 9.17. The fourth-order valence-corrected chi connectivity index (χ4v) is 4.82. The van der Waals surface area contributed by atoms with Crippen LogP contribution < -0.4 is 15.8 Å². The van der Waals surface area contributed by atoms with Crippen LogP contribution in [0, 0.1) is 0 Å². The zero-order valence-electron chi connectivity index (χ0n) is 20.0. The molecule has 0 aliphatic carbocycles. The lowest BCUT2D eigenvalue weighted by atomic mass is 9.89. The number of nitrogens with zero attached hydrogens (tertiary/aromatic N) is 6. The van der Waals surface area contributed by atoms with Crippen molar-refractivity contribution >= 4 is 22.8 Å². The van der Waals surface area contributed by atoms with Gasteiger partial charge in [0.05, 0.1) is 39.1 Å². The maximum Gasteiger partial charge on any atom is 0.222 e. The number of anilines is 2. The molecule has 3 aromatic rings.